The van der Waals surface area contributed by atoms with E-state index >= 15 is 0 Å². The van der Waals surface area contributed by atoms with Crippen molar-refractivity contribution in [2.45, 2.75) is 0 Å². The standard InChI is InChI=1S/C22H15FN2O3/c23-16-9-10-18-17(12-16)19(20(28-18)21(24)26)25-22(27)15-8-4-7-14(11-15)13-5-2-1-3-6-13/h1-12H,(H2,24,26)(H,25,27). The Balaban J connectivity index is 1.72. The Bertz CT molecular complexity index is 1200. The molecule has 0 saturated heterocycles. The fourth-order valence-corrected chi connectivity index (χ4v) is 3.02. The van der Waals surface area contributed by atoms with Gasteiger partial charge in [-0.3, -0.25) is 9.59 Å². The Hall–Kier alpha value is -3.93. The van der Waals surface area contributed by atoms with Gasteiger partial charge in [0.25, 0.3) is 11.8 Å². The number of anilines is 1. The fourth-order valence-electron chi connectivity index (χ4n) is 3.02. The van der Waals surface area contributed by atoms with Crippen LogP contribution in [0.15, 0.2) is 77.2 Å². The molecule has 138 valence electrons. The molecule has 4 aromatic rings. The first-order valence-corrected chi connectivity index (χ1v) is 8.51. The predicted octanol–water partition coefficient (Wildman–Crippen LogP) is 4.59. The van der Waals surface area contributed by atoms with Crippen molar-refractivity contribution < 1.29 is 18.4 Å². The molecular weight excluding hydrogens is 359 g/mol. The molecule has 28 heavy (non-hydrogen) atoms. The second-order valence-corrected chi connectivity index (χ2v) is 6.21. The zero-order valence-electron chi connectivity index (χ0n) is 14.6. The summed E-state index contributed by atoms with van der Waals surface area (Å²) in [7, 11) is 0. The highest BCUT2D eigenvalue weighted by atomic mass is 19.1. The summed E-state index contributed by atoms with van der Waals surface area (Å²) in [5.74, 6) is -2.07. The molecule has 0 bridgehead atoms. The molecule has 2 amide bonds. The SMILES string of the molecule is NC(=O)c1oc2ccc(F)cc2c1NC(=O)c1cccc(-c2ccccc2)c1. The van der Waals surface area contributed by atoms with Gasteiger partial charge in [-0.05, 0) is 41.5 Å². The molecule has 0 fully saturated rings. The molecule has 0 radical (unpaired) electrons. The van der Waals surface area contributed by atoms with Crippen LogP contribution in [0.5, 0.6) is 0 Å². The number of primary amides is 1. The van der Waals surface area contributed by atoms with Gasteiger partial charge in [0, 0.05) is 10.9 Å². The predicted molar refractivity (Wildman–Crippen MR) is 105 cm³/mol. The summed E-state index contributed by atoms with van der Waals surface area (Å²) in [5, 5.41) is 2.90. The molecule has 0 spiro atoms. The second-order valence-electron chi connectivity index (χ2n) is 6.21. The number of furan rings is 1. The Morgan fingerprint density at radius 1 is 0.893 bits per heavy atom. The smallest absolute Gasteiger partial charge is 0.286 e. The number of rotatable bonds is 4. The Kier molecular flexibility index (Phi) is 4.37. The summed E-state index contributed by atoms with van der Waals surface area (Å²) in [5.41, 5.74) is 7.87. The number of hydrogen-bond acceptors (Lipinski definition) is 3. The number of nitrogens with one attached hydrogen (secondary N) is 1. The van der Waals surface area contributed by atoms with E-state index < -0.39 is 17.6 Å². The van der Waals surface area contributed by atoms with Gasteiger partial charge in [-0.25, -0.2) is 4.39 Å². The van der Waals surface area contributed by atoms with E-state index in [1.54, 1.807) is 18.2 Å². The summed E-state index contributed by atoms with van der Waals surface area (Å²) in [4.78, 5) is 24.5. The Morgan fingerprint density at radius 3 is 2.39 bits per heavy atom. The molecule has 4 rings (SSSR count). The third-order valence-corrected chi connectivity index (χ3v) is 4.34. The third kappa shape index (κ3) is 3.23. The molecule has 0 aliphatic carbocycles. The fraction of sp³-hybridized carbons (Fsp3) is 0. The Morgan fingerprint density at radius 2 is 1.64 bits per heavy atom. The summed E-state index contributed by atoms with van der Waals surface area (Å²) in [6.45, 7) is 0. The lowest BCUT2D eigenvalue weighted by Crippen LogP contribution is -2.17. The number of hydrogen-bond donors (Lipinski definition) is 2. The summed E-state index contributed by atoms with van der Waals surface area (Å²) >= 11 is 0. The summed E-state index contributed by atoms with van der Waals surface area (Å²) in [6, 6.07) is 20.4. The molecule has 5 nitrogen and oxygen atoms in total. The molecule has 1 aromatic heterocycles. The van der Waals surface area contributed by atoms with E-state index in [0.29, 0.717) is 5.56 Å². The number of carbonyl (C=O) groups is 2. The largest absolute Gasteiger partial charge is 0.449 e. The molecule has 1 heterocycles. The molecule has 0 saturated carbocycles. The van der Waals surface area contributed by atoms with Crippen LogP contribution in [0.4, 0.5) is 10.1 Å². The van der Waals surface area contributed by atoms with E-state index in [1.165, 1.54) is 18.2 Å². The van der Waals surface area contributed by atoms with Crippen LogP contribution in [0.1, 0.15) is 20.9 Å². The monoisotopic (exact) mass is 374 g/mol. The van der Waals surface area contributed by atoms with E-state index in [0.717, 1.165) is 11.1 Å². The van der Waals surface area contributed by atoms with Gasteiger partial charge < -0.3 is 15.5 Å². The second kappa shape index (κ2) is 7.00. The zero-order chi connectivity index (χ0) is 19.7. The molecular formula is C22H15FN2O3. The number of halogens is 1. The van der Waals surface area contributed by atoms with Crippen molar-refractivity contribution in [3.63, 3.8) is 0 Å². The average molecular weight is 374 g/mol. The van der Waals surface area contributed by atoms with Crippen LogP contribution in [0.3, 0.4) is 0 Å². The van der Waals surface area contributed by atoms with Gasteiger partial charge in [0.1, 0.15) is 17.1 Å². The number of benzene rings is 3. The van der Waals surface area contributed by atoms with Crippen molar-refractivity contribution >= 4 is 28.5 Å². The normalized spacial score (nSPS) is 10.8. The van der Waals surface area contributed by atoms with E-state index in [2.05, 4.69) is 5.32 Å². The summed E-state index contributed by atoms with van der Waals surface area (Å²) in [6.07, 6.45) is 0. The van der Waals surface area contributed by atoms with Crippen molar-refractivity contribution in [2.75, 3.05) is 5.32 Å². The highest BCUT2D eigenvalue weighted by Crippen LogP contribution is 2.32. The van der Waals surface area contributed by atoms with Gasteiger partial charge >= 0.3 is 0 Å². The minimum absolute atomic E-state index is 0.0529. The maximum Gasteiger partial charge on any atom is 0.286 e. The van der Waals surface area contributed by atoms with Gasteiger partial charge in [0.2, 0.25) is 5.76 Å². The maximum absolute atomic E-state index is 13.7. The van der Waals surface area contributed by atoms with Crippen molar-refractivity contribution in [2.24, 2.45) is 5.73 Å². The first kappa shape index (κ1) is 17.5. The van der Waals surface area contributed by atoms with Gasteiger partial charge in [0.05, 0.1) is 0 Å². The summed E-state index contributed by atoms with van der Waals surface area (Å²) < 4.78 is 19.0. The van der Waals surface area contributed by atoms with E-state index in [-0.39, 0.29) is 22.4 Å². The van der Waals surface area contributed by atoms with Crippen molar-refractivity contribution in [3.05, 3.63) is 89.9 Å². The average Bonchev–Trinajstić information content (AvgIpc) is 3.06. The van der Waals surface area contributed by atoms with E-state index in [4.69, 9.17) is 10.2 Å². The van der Waals surface area contributed by atoms with Gasteiger partial charge in [-0.15, -0.1) is 0 Å². The number of fused-ring (bicyclic) bond motifs is 1. The lowest BCUT2D eigenvalue weighted by Gasteiger charge is -2.07. The van der Waals surface area contributed by atoms with Crippen LogP contribution in [0.25, 0.3) is 22.1 Å². The third-order valence-electron chi connectivity index (χ3n) is 4.34. The quantitative estimate of drug-likeness (QED) is 0.548. The van der Waals surface area contributed by atoms with Crippen molar-refractivity contribution in [3.8, 4) is 11.1 Å². The van der Waals surface area contributed by atoms with Crippen molar-refractivity contribution in [1.29, 1.82) is 0 Å². The van der Waals surface area contributed by atoms with Gasteiger partial charge in [0.15, 0.2) is 0 Å². The molecule has 6 heteroatoms. The molecule has 0 unspecified atom stereocenters. The maximum atomic E-state index is 13.7. The number of carbonyl (C=O) groups excluding carboxylic acids is 2. The van der Waals surface area contributed by atoms with Crippen LogP contribution in [-0.2, 0) is 0 Å². The highest BCUT2D eigenvalue weighted by molar-refractivity contribution is 6.14. The van der Waals surface area contributed by atoms with E-state index in [9.17, 15) is 14.0 Å². The molecule has 3 aromatic carbocycles. The minimum atomic E-state index is -0.857. The highest BCUT2D eigenvalue weighted by Gasteiger charge is 2.21. The lowest BCUT2D eigenvalue weighted by molar-refractivity contribution is 0.0977. The lowest BCUT2D eigenvalue weighted by atomic mass is 10.0. The first-order valence-electron chi connectivity index (χ1n) is 8.51. The van der Waals surface area contributed by atoms with Crippen molar-refractivity contribution in [1.82, 2.24) is 0 Å². The minimum Gasteiger partial charge on any atom is -0.449 e. The topological polar surface area (TPSA) is 85.3 Å². The van der Waals surface area contributed by atoms with Gasteiger partial charge in [-0.1, -0.05) is 42.5 Å². The number of nitrogens with two attached hydrogens (primary N) is 1. The van der Waals surface area contributed by atoms with Crippen LogP contribution in [0, 0.1) is 5.82 Å². The molecule has 3 N–H and O–H groups in total. The number of amides is 2. The van der Waals surface area contributed by atoms with Crippen LogP contribution < -0.4 is 11.1 Å². The Labute approximate surface area is 159 Å². The first-order chi connectivity index (χ1) is 13.5. The zero-order valence-corrected chi connectivity index (χ0v) is 14.6. The van der Waals surface area contributed by atoms with Crippen LogP contribution >= 0.6 is 0 Å². The van der Waals surface area contributed by atoms with Crippen LogP contribution in [-0.4, -0.2) is 11.8 Å². The van der Waals surface area contributed by atoms with Crippen LogP contribution in [0.2, 0.25) is 0 Å². The van der Waals surface area contributed by atoms with E-state index in [1.807, 2.05) is 36.4 Å². The molecule has 0 aliphatic rings. The molecule has 0 aliphatic heterocycles. The van der Waals surface area contributed by atoms with Gasteiger partial charge in [-0.2, -0.15) is 0 Å². The molecule has 0 atom stereocenters.